The summed E-state index contributed by atoms with van der Waals surface area (Å²) >= 11 is 0. The molecule has 28 heavy (non-hydrogen) atoms. The monoisotopic (exact) mass is 377 g/mol. The second kappa shape index (κ2) is 8.68. The van der Waals surface area contributed by atoms with Crippen LogP contribution < -0.4 is 0 Å². The van der Waals surface area contributed by atoms with E-state index >= 15 is 0 Å². The summed E-state index contributed by atoms with van der Waals surface area (Å²) in [6, 6.07) is 6.45. The number of aromatic nitrogens is 2. The quantitative estimate of drug-likeness (QED) is 0.649. The second-order valence-corrected chi connectivity index (χ2v) is 7.93. The summed E-state index contributed by atoms with van der Waals surface area (Å²) in [6.07, 6.45) is 16.3. The molecule has 1 atom stereocenters. The summed E-state index contributed by atoms with van der Waals surface area (Å²) in [4.78, 5) is 11.8. The Morgan fingerprint density at radius 3 is 2.93 bits per heavy atom. The Kier molecular flexibility index (Phi) is 5.84. The molecular formula is C24H31N3O. The zero-order valence-electron chi connectivity index (χ0n) is 17.1. The molecule has 4 heteroatoms. The minimum Gasteiger partial charge on any atom is -0.494 e. The predicted octanol–water partition coefficient (Wildman–Crippen LogP) is 6.11. The number of hydrogen-bond donors (Lipinski definition) is 2. The van der Waals surface area contributed by atoms with E-state index in [-0.39, 0.29) is 0 Å². The smallest absolute Gasteiger partial charge is 0.146 e. The van der Waals surface area contributed by atoms with Crippen LogP contribution in [0.25, 0.3) is 6.08 Å². The van der Waals surface area contributed by atoms with Crippen molar-refractivity contribution in [2.45, 2.75) is 64.2 Å². The standard InChI is InChI=1S/C24H31N3O/c1-3-9-17-10-6-4-5-7-11-18-14-19(17)21(26-18)15-23-24(28-2)16-22(27-23)20-12-8-13-25-20/h8,12-17,25-26H,3-7,9-11H2,1-2H3/b23-15+/t17-/m0/s1. The molecule has 0 spiro atoms. The Labute approximate surface area is 167 Å². The lowest BCUT2D eigenvalue weighted by Gasteiger charge is -2.17. The molecule has 2 aromatic rings. The van der Waals surface area contributed by atoms with Gasteiger partial charge in [0.15, 0.2) is 0 Å². The largest absolute Gasteiger partial charge is 0.494 e. The van der Waals surface area contributed by atoms with Crippen molar-refractivity contribution >= 4 is 11.8 Å². The molecule has 2 N–H and O–H groups in total. The van der Waals surface area contributed by atoms with E-state index in [0.717, 1.165) is 29.3 Å². The molecule has 148 valence electrons. The van der Waals surface area contributed by atoms with Gasteiger partial charge in [0.05, 0.1) is 18.5 Å². The molecule has 0 radical (unpaired) electrons. The van der Waals surface area contributed by atoms with Crippen LogP contribution in [-0.2, 0) is 11.2 Å². The number of fused-ring (bicyclic) bond motifs is 2. The first kappa shape index (κ1) is 18.9. The zero-order chi connectivity index (χ0) is 19.3. The number of allylic oxidation sites excluding steroid dienone is 1. The predicted molar refractivity (Wildman–Crippen MR) is 116 cm³/mol. The summed E-state index contributed by atoms with van der Waals surface area (Å²) in [6.45, 7) is 2.29. The third-order valence-electron chi connectivity index (χ3n) is 5.90. The average molecular weight is 378 g/mol. The lowest BCUT2D eigenvalue weighted by molar-refractivity contribution is 0.303. The zero-order valence-corrected chi connectivity index (χ0v) is 17.1. The van der Waals surface area contributed by atoms with Gasteiger partial charge < -0.3 is 14.7 Å². The molecule has 3 heterocycles. The van der Waals surface area contributed by atoms with Gasteiger partial charge >= 0.3 is 0 Å². The molecule has 0 amide bonds. The normalized spacial score (nSPS) is 21.5. The van der Waals surface area contributed by atoms with Gasteiger partial charge in [0, 0.05) is 23.7 Å². The van der Waals surface area contributed by atoms with Crippen molar-refractivity contribution in [3.63, 3.8) is 0 Å². The van der Waals surface area contributed by atoms with Crippen LogP contribution in [-0.4, -0.2) is 22.8 Å². The Balaban J connectivity index is 1.72. The fourth-order valence-electron chi connectivity index (χ4n) is 4.45. The van der Waals surface area contributed by atoms with E-state index < -0.39 is 0 Å². The molecule has 1 aliphatic heterocycles. The molecule has 0 fully saturated rings. The SMILES string of the molecule is CCC[C@H]1CCCCCCc2cc1c(/C=C1/N=C(c3ccc[nH]3)C=C1OC)[nH]2. The summed E-state index contributed by atoms with van der Waals surface area (Å²) < 4.78 is 5.63. The molecule has 0 aromatic carbocycles. The molecule has 4 nitrogen and oxygen atoms in total. The number of rotatable bonds is 5. The number of nitrogens with one attached hydrogen (secondary N) is 2. The number of hydrogen-bond acceptors (Lipinski definition) is 2. The molecule has 0 saturated carbocycles. The fraction of sp³-hybridized carbons (Fsp3) is 0.458. The number of H-pyrrole nitrogens is 2. The van der Waals surface area contributed by atoms with Gasteiger partial charge in [0.2, 0.25) is 0 Å². The first-order valence-corrected chi connectivity index (χ1v) is 10.7. The number of aromatic amines is 2. The van der Waals surface area contributed by atoms with Gasteiger partial charge in [-0.2, -0.15) is 0 Å². The molecule has 1 aliphatic carbocycles. The van der Waals surface area contributed by atoms with E-state index in [1.54, 1.807) is 7.11 Å². The molecule has 0 unspecified atom stereocenters. The van der Waals surface area contributed by atoms with Crippen LogP contribution in [0.1, 0.15) is 80.4 Å². The van der Waals surface area contributed by atoms with Gasteiger partial charge in [-0.1, -0.05) is 32.6 Å². The molecule has 4 rings (SSSR count). The van der Waals surface area contributed by atoms with Crippen LogP contribution in [0.15, 0.2) is 46.9 Å². The van der Waals surface area contributed by atoms with Crippen molar-refractivity contribution in [3.05, 3.63) is 64.6 Å². The van der Waals surface area contributed by atoms with Gasteiger partial charge in [-0.15, -0.1) is 0 Å². The van der Waals surface area contributed by atoms with Crippen LogP contribution in [0.3, 0.4) is 0 Å². The number of aryl methyl sites for hydroxylation is 1. The molecule has 2 bridgehead atoms. The minimum absolute atomic E-state index is 0.628. The lowest BCUT2D eigenvalue weighted by atomic mass is 9.88. The number of nitrogens with zero attached hydrogens (tertiary/aromatic N) is 1. The van der Waals surface area contributed by atoms with E-state index in [4.69, 9.17) is 9.73 Å². The first-order chi connectivity index (χ1) is 13.8. The summed E-state index contributed by atoms with van der Waals surface area (Å²) in [5, 5.41) is 0. The average Bonchev–Trinajstić information content (AvgIpc) is 3.43. The highest BCUT2D eigenvalue weighted by atomic mass is 16.5. The molecule has 0 saturated heterocycles. The third-order valence-corrected chi connectivity index (χ3v) is 5.90. The van der Waals surface area contributed by atoms with E-state index in [1.807, 2.05) is 24.4 Å². The van der Waals surface area contributed by atoms with Crippen molar-refractivity contribution in [2.24, 2.45) is 4.99 Å². The summed E-state index contributed by atoms with van der Waals surface area (Å²) in [5.41, 5.74) is 6.87. The third kappa shape index (κ3) is 4.01. The fourth-order valence-corrected chi connectivity index (χ4v) is 4.45. The van der Waals surface area contributed by atoms with Crippen LogP contribution >= 0.6 is 0 Å². The number of ether oxygens (including phenoxy) is 1. The maximum Gasteiger partial charge on any atom is 0.146 e. The van der Waals surface area contributed by atoms with Gasteiger partial charge in [-0.3, -0.25) is 0 Å². The van der Waals surface area contributed by atoms with Crippen LogP contribution in [0.5, 0.6) is 0 Å². The van der Waals surface area contributed by atoms with Gasteiger partial charge in [-0.25, -0.2) is 4.99 Å². The van der Waals surface area contributed by atoms with Crippen molar-refractivity contribution in [1.29, 1.82) is 0 Å². The number of methoxy groups -OCH3 is 1. The maximum atomic E-state index is 5.63. The lowest BCUT2D eigenvalue weighted by Crippen LogP contribution is -2.01. The van der Waals surface area contributed by atoms with Gasteiger partial charge in [0.25, 0.3) is 0 Å². The van der Waals surface area contributed by atoms with Crippen molar-refractivity contribution in [3.8, 4) is 0 Å². The number of aliphatic imine (C=N–C) groups is 1. The van der Waals surface area contributed by atoms with E-state index in [9.17, 15) is 0 Å². The highest BCUT2D eigenvalue weighted by Gasteiger charge is 2.21. The van der Waals surface area contributed by atoms with Crippen LogP contribution in [0.4, 0.5) is 0 Å². The Morgan fingerprint density at radius 2 is 2.14 bits per heavy atom. The topological polar surface area (TPSA) is 53.2 Å². The highest BCUT2D eigenvalue weighted by molar-refractivity contribution is 6.11. The summed E-state index contributed by atoms with van der Waals surface area (Å²) in [5.74, 6) is 1.45. The molecule has 2 aromatic heterocycles. The van der Waals surface area contributed by atoms with Gasteiger partial charge in [-0.05, 0) is 61.4 Å². The van der Waals surface area contributed by atoms with E-state index in [1.165, 1.54) is 61.9 Å². The Morgan fingerprint density at radius 1 is 1.25 bits per heavy atom. The van der Waals surface area contributed by atoms with Crippen molar-refractivity contribution in [1.82, 2.24) is 9.97 Å². The van der Waals surface area contributed by atoms with Crippen LogP contribution in [0, 0.1) is 0 Å². The van der Waals surface area contributed by atoms with E-state index in [2.05, 4.69) is 29.0 Å². The first-order valence-electron chi connectivity index (χ1n) is 10.7. The molecule has 2 aliphatic rings. The maximum absolute atomic E-state index is 5.63. The Hall–Kier alpha value is -2.49. The molecular weight excluding hydrogens is 346 g/mol. The Bertz CT molecular complexity index is 883. The van der Waals surface area contributed by atoms with Crippen molar-refractivity contribution < 1.29 is 4.74 Å². The van der Waals surface area contributed by atoms with Crippen LogP contribution in [0.2, 0.25) is 0 Å². The summed E-state index contributed by atoms with van der Waals surface area (Å²) in [7, 11) is 1.72. The highest BCUT2D eigenvalue weighted by Crippen LogP contribution is 2.34. The van der Waals surface area contributed by atoms with Crippen molar-refractivity contribution in [2.75, 3.05) is 7.11 Å². The van der Waals surface area contributed by atoms with Gasteiger partial charge in [0.1, 0.15) is 11.5 Å². The van der Waals surface area contributed by atoms with E-state index in [0.29, 0.717) is 5.92 Å². The minimum atomic E-state index is 0.628. The second-order valence-electron chi connectivity index (χ2n) is 7.93.